The second kappa shape index (κ2) is 6.32. The molecule has 1 saturated carbocycles. The van der Waals surface area contributed by atoms with Gasteiger partial charge in [-0.25, -0.2) is 0 Å². The van der Waals surface area contributed by atoms with Gasteiger partial charge >= 0.3 is 0 Å². The summed E-state index contributed by atoms with van der Waals surface area (Å²) in [4.78, 5) is 0. The monoisotopic (exact) mass is 209 g/mol. The van der Waals surface area contributed by atoms with Crippen molar-refractivity contribution < 1.29 is 0 Å². The zero-order valence-corrected chi connectivity index (χ0v) is 10.7. The van der Waals surface area contributed by atoms with Crippen molar-refractivity contribution in [1.29, 1.82) is 0 Å². The van der Waals surface area contributed by atoms with E-state index in [0.29, 0.717) is 6.04 Å². The van der Waals surface area contributed by atoms with Crippen LogP contribution in [0.5, 0.6) is 0 Å². The molecule has 0 aromatic heterocycles. The highest BCUT2D eigenvalue weighted by molar-refractivity contribution is 5.05. The van der Waals surface area contributed by atoms with Gasteiger partial charge in [-0.2, -0.15) is 0 Å². The van der Waals surface area contributed by atoms with Crippen molar-refractivity contribution in [2.24, 2.45) is 11.8 Å². The first-order valence-electron chi connectivity index (χ1n) is 6.57. The molecule has 0 radical (unpaired) electrons. The molecule has 0 heterocycles. The van der Waals surface area contributed by atoms with Gasteiger partial charge in [0.25, 0.3) is 0 Å². The fraction of sp³-hybridized carbons (Fsp3) is 0.857. The third kappa shape index (κ3) is 3.64. The van der Waals surface area contributed by atoms with Gasteiger partial charge < -0.3 is 5.32 Å². The Morgan fingerprint density at radius 2 is 2.13 bits per heavy atom. The van der Waals surface area contributed by atoms with Gasteiger partial charge in [0.2, 0.25) is 0 Å². The minimum Gasteiger partial charge on any atom is -0.310 e. The van der Waals surface area contributed by atoms with Crippen LogP contribution in [0.1, 0.15) is 52.9 Å². The van der Waals surface area contributed by atoms with Gasteiger partial charge in [0.05, 0.1) is 0 Å². The largest absolute Gasteiger partial charge is 0.310 e. The molecule has 0 aromatic rings. The first-order chi connectivity index (χ1) is 7.19. The van der Waals surface area contributed by atoms with E-state index < -0.39 is 0 Å². The first-order valence-corrected chi connectivity index (χ1v) is 6.57. The lowest BCUT2D eigenvalue weighted by Crippen LogP contribution is -2.39. The normalized spacial score (nSPS) is 28.7. The Bertz CT molecular complexity index is 198. The van der Waals surface area contributed by atoms with Gasteiger partial charge in [0.15, 0.2) is 0 Å². The molecule has 0 aromatic carbocycles. The van der Waals surface area contributed by atoms with Crippen molar-refractivity contribution in [1.82, 2.24) is 5.32 Å². The Labute approximate surface area is 95.3 Å². The fourth-order valence-electron chi connectivity index (χ4n) is 2.97. The highest BCUT2D eigenvalue weighted by Gasteiger charge is 2.27. The van der Waals surface area contributed by atoms with Gasteiger partial charge in [-0.1, -0.05) is 45.3 Å². The highest BCUT2D eigenvalue weighted by Crippen LogP contribution is 2.34. The third-order valence-electron chi connectivity index (χ3n) is 3.83. The van der Waals surface area contributed by atoms with E-state index >= 15 is 0 Å². The second-order valence-corrected chi connectivity index (χ2v) is 5.08. The summed E-state index contributed by atoms with van der Waals surface area (Å²) in [7, 11) is 0. The van der Waals surface area contributed by atoms with Crippen molar-refractivity contribution in [2.75, 3.05) is 6.54 Å². The maximum absolute atomic E-state index is 4.14. The molecule has 1 fully saturated rings. The van der Waals surface area contributed by atoms with Crippen LogP contribution in [0.3, 0.4) is 0 Å². The molecule has 1 aliphatic rings. The van der Waals surface area contributed by atoms with Gasteiger partial charge in [0.1, 0.15) is 0 Å². The van der Waals surface area contributed by atoms with Crippen LogP contribution < -0.4 is 5.32 Å². The van der Waals surface area contributed by atoms with Crippen LogP contribution in [0.2, 0.25) is 0 Å². The highest BCUT2D eigenvalue weighted by atomic mass is 14.9. The molecule has 1 heteroatoms. The maximum atomic E-state index is 4.14. The molecule has 1 nitrogen and oxygen atoms in total. The number of hydrogen-bond donors (Lipinski definition) is 1. The van der Waals surface area contributed by atoms with Gasteiger partial charge in [-0.15, -0.1) is 0 Å². The summed E-state index contributed by atoms with van der Waals surface area (Å²) in [6.45, 7) is 11.9. The van der Waals surface area contributed by atoms with Crippen LogP contribution in [0, 0.1) is 11.8 Å². The molecule has 1 N–H and O–H groups in total. The molecule has 1 aliphatic carbocycles. The number of hydrogen-bond acceptors (Lipinski definition) is 1. The van der Waals surface area contributed by atoms with E-state index in [4.69, 9.17) is 0 Å². The van der Waals surface area contributed by atoms with E-state index in [1.807, 2.05) is 0 Å². The Morgan fingerprint density at radius 1 is 1.40 bits per heavy atom. The molecule has 3 unspecified atom stereocenters. The topological polar surface area (TPSA) is 12.0 Å². The first kappa shape index (κ1) is 12.8. The lowest BCUT2D eigenvalue weighted by atomic mass is 9.75. The van der Waals surface area contributed by atoms with Crippen LogP contribution in [0.25, 0.3) is 0 Å². The van der Waals surface area contributed by atoms with Crippen LogP contribution in [0.15, 0.2) is 12.2 Å². The van der Waals surface area contributed by atoms with Gasteiger partial charge in [-0.05, 0) is 38.1 Å². The Kier molecular flexibility index (Phi) is 5.38. The molecule has 0 aliphatic heterocycles. The lowest BCUT2D eigenvalue weighted by molar-refractivity contribution is 0.225. The summed E-state index contributed by atoms with van der Waals surface area (Å²) in [5.74, 6) is 1.80. The molecule has 0 amide bonds. The lowest BCUT2D eigenvalue weighted by Gasteiger charge is -2.35. The SMILES string of the molecule is C=C(C)C(NCC)C1CCCC(CC)C1. The number of nitrogens with one attached hydrogen (secondary N) is 1. The molecule has 1 rings (SSSR count). The zero-order valence-electron chi connectivity index (χ0n) is 10.7. The van der Waals surface area contributed by atoms with Crippen molar-refractivity contribution in [3.63, 3.8) is 0 Å². The van der Waals surface area contributed by atoms with Gasteiger partial charge in [0, 0.05) is 6.04 Å². The number of rotatable bonds is 5. The predicted molar refractivity (Wildman–Crippen MR) is 68.0 cm³/mol. The Hall–Kier alpha value is -0.300. The van der Waals surface area contributed by atoms with Crippen molar-refractivity contribution in [3.05, 3.63) is 12.2 Å². The predicted octanol–water partition coefficient (Wildman–Crippen LogP) is 3.76. The fourth-order valence-corrected chi connectivity index (χ4v) is 2.97. The minimum atomic E-state index is 0.560. The minimum absolute atomic E-state index is 0.560. The smallest absolute Gasteiger partial charge is 0.0302 e. The quantitative estimate of drug-likeness (QED) is 0.680. The summed E-state index contributed by atoms with van der Waals surface area (Å²) >= 11 is 0. The summed E-state index contributed by atoms with van der Waals surface area (Å²) in [5.41, 5.74) is 1.32. The molecule has 0 saturated heterocycles. The number of likely N-dealkylation sites (N-methyl/N-ethyl adjacent to an activating group) is 1. The average Bonchev–Trinajstić information content (AvgIpc) is 2.25. The van der Waals surface area contributed by atoms with E-state index in [1.165, 1.54) is 37.7 Å². The standard InChI is InChI=1S/C14H27N/c1-5-12-8-7-9-13(10-12)14(11(3)4)15-6-2/h12-15H,3,5-10H2,1-2,4H3. The van der Waals surface area contributed by atoms with E-state index in [1.54, 1.807) is 0 Å². The molecule has 0 bridgehead atoms. The summed E-state index contributed by atoms with van der Waals surface area (Å²) in [5, 5.41) is 3.60. The molecule has 15 heavy (non-hydrogen) atoms. The average molecular weight is 209 g/mol. The summed E-state index contributed by atoms with van der Waals surface area (Å²) in [6, 6.07) is 0.560. The third-order valence-corrected chi connectivity index (χ3v) is 3.83. The molecule has 0 spiro atoms. The molecular weight excluding hydrogens is 182 g/mol. The Morgan fingerprint density at radius 3 is 2.67 bits per heavy atom. The van der Waals surface area contributed by atoms with Crippen LogP contribution in [-0.4, -0.2) is 12.6 Å². The van der Waals surface area contributed by atoms with Crippen LogP contribution in [-0.2, 0) is 0 Å². The van der Waals surface area contributed by atoms with E-state index in [2.05, 4.69) is 32.7 Å². The second-order valence-electron chi connectivity index (χ2n) is 5.08. The van der Waals surface area contributed by atoms with Crippen LogP contribution >= 0.6 is 0 Å². The molecular formula is C14H27N. The maximum Gasteiger partial charge on any atom is 0.0302 e. The van der Waals surface area contributed by atoms with E-state index in [9.17, 15) is 0 Å². The molecule has 3 atom stereocenters. The molecule has 88 valence electrons. The summed E-state index contributed by atoms with van der Waals surface area (Å²) < 4.78 is 0. The van der Waals surface area contributed by atoms with Crippen LogP contribution in [0.4, 0.5) is 0 Å². The van der Waals surface area contributed by atoms with Crippen molar-refractivity contribution in [2.45, 2.75) is 58.9 Å². The zero-order chi connectivity index (χ0) is 11.3. The summed E-state index contributed by atoms with van der Waals surface area (Å²) in [6.07, 6.45) is 7.01. The van der Waals surface area contributed by atoms with E-state index in [0.717, 1.165) is 18.4 Å². The van der Waals surface area contributed by atoms with Crippen molar-refractivity contribution in [3.8, 4) is 0 Å². The Balaban J connectivity index is 2.54. The van der Waals surface area contributed by atoms with Gasteiger partial charge in [-0.3, -0.25) is 0 Å². The van der Waals surface area contributed by atoms with Crippen molar-refractivity contribution >= 4 is 0 Å². The van der Waals surface area contributed by atoms with E-state index in [-0.39, 0.29) is 0 Å².